The molecule has 0 atom stereocenters. The van der Waals surface area contributed by atoms with Gasteiger partial charge in [0.15, 0.2) is 5.82 Å². The van der Waals surface area contributed by atoms with Crippen LogP contribution in [0.4, 0.5) is 10.2 Å². The van der Waals surface area contributed by atoms with Crippen molar-refractivity contribution < 1.29 is 9.18 Å². The fourth-order valence-electron chi connectivity index (χ4n) is 2.48. The van der Waals surface area contributed by atoms with Gasteiger partial charge in [0, 0.05) is 25.4 Å². The number of halogens is 1. The van der Waals surface area contributed by atoms with Crippen LogP contribution in [0.2, 0.25) is 0 Å². The van der Waals surface area contributed by atoms with Crippen molar-refractivity contribution in [3.05, 3.63) is 24.0 Å². The number of carbonyl (C=O) groups excluding carboxylic acids is 1. The summed E-state index contributed by atoms with van der Waals surface area (Å²) in [5.74, 6) is 0.264. The van der Waals surface area contributed by atoms with Gasteiger partial charge in [0.1, 0.15) is 5.82 Å². The first-order valence-corrected chi connectivity index (χ1v) is 6.11. The molecule has 94 valence electrons. The highest BCUT2D eigenvalue weighted by Gasteiger charge is 2.21. The molecule has 0 aliphatic carbocycles. The van der Waals surface area contributed by atoms with E-state index in [9.17, 15) is 9.18 Å². The maximum Gasteiger partial charge on any atom is 0.244 e. The molecule has 18 heavy (non-hydrogen) atoms. The number of hydrogen-bond donors (Lipinski definition) is 0. The number of rotatable bonds is 1. The lowest BCUT2D eigenvalue weighted by Gasteiger charge is -2.13. The maximum atomic E-state index is 13.4. The second kappa shape index (κ2) is 4.08. The van der Waals surface area contributed by atoms with Crippen LogP contribution < -0.4 is 4.90 Å². The molecule has 0 N–H and O–H groups in total. The van der Waals surface area contributed by atoms with E-state index in [1.807, 2.05) is 0 Å². The Morgan fingerprint density at radius 2 is 2.06 bits per heavy atom. The Balaban J connectivity index is 2.23. The summed E-state index contributed by atoms with van der Waals surface area (Å²) >= 11 is 0. The number of benzene rings is 1. The average molecular weight is 247 g/mol. The van der Waals surface area contributed by atoms with Gasteiger partial charge >= 0.3 is 0 Å². The standard InChI is InChI=1S/C13H14FN3O/c1-9(18)17-12-5-4-10(14)8-11(12)13(15-17)16-6-2-3-7-16/h4-5,8H,2-3,6-7H2,1H3. The van der Waals surface area contributed by atoms with E-state index in [0.29, 0.717) is 10.9 Å². The molecule has 0 spiro atoms. The highest BCUT2D eigenvalue weighted by Crippen LogP contribution is 2.29. The monoisotopic (exact) mass is 247 g/mol. The van der Waals surface area contributed by atoms with Crippen LogP contribution in [0.1, 0.15) is 24.6 Å². The summed E-state index contributed by atoms with van der Waals surface area (Å²) in [4.78, 5) is 13.7. The summed E-state index contributed by atoms with van der Waals surface area (Å²) in [6.07, 6.45) is 2.23. The van der Waals surface area contributed by atoms with E-state index in [-0.39, 0.29) is 11.7 Å². The second-order valence-corrected chi connectivity index (χ2v) is 4.61. The summed E-state index contributed by atoms with van der Waals surface area (Å²) in [6.45, 7) is 3.30. The van der Waals surface area contributed by atoms with Crippen molar-refractivity contribution in [2.45, 2.75) is 19.8 Å². The molecule has 3 rings (SSSR count). The van der Waals surface area contributed by atoms with Gasteiger partial charge in [-0.3, -0.25) is 4.79 Å². The van der Waals surface area contributed by atoms with E-state index in [2.05, 4.69) is 10.00 Å². The molecule has 5 heteroatoms. The first-order chi connectivity index (χ1) is 8.66. The molecule has 0 bridgehead atoms. The zero-order valence-electron chi connectivity index (χ0n) is 10.2. The van der Waals surface area contributed by atoms with Gasteiger partial charge in [-0.05, 0) is 31.0 Å². The van der Waals surface area contributed by atoms with Crippen LogP contribution in [-0.2, 0) is 0 Å². The third-order valence-electron chi connectivity index (χ3n) is 3.33. The minimum Gasteiger partial charge on any atom is -0.355 e. The second-order valence-electron chi connectivity index (χ2n) is 4.61. The molecule has 1 saturated heterocycles. The van der Waals surface area contributed by atoms with Crippen LogP contribution >= 0.6 is 0 Å². The van der Waals surface area contributed by atoms with Crippen LogP contribution in [0.3, 0.4) is 0 Å². The normalized spacial score (nSPS) is 15.6. The van der Waals surface area contributed by atoms with Crippen LogP contribution in [0.25, 0.3) is 10.9 Å². The zero-order valence-corrected chi connectivity index (χ0v) is 10.2. The Morgan fingerprint density at radius 1 is 1.33 bits per heavy atom. The molecule has 1 fully saturated rings. The van der Waals surface area contributed by atoms with Crippen molar-refractivity contribution in [3.63, 3.8) is 0 Å². The first kappa shape index (κ1) is 11.2. The topological polar surface area (TPSA) is 38.1 Å². The maximum absolute atomic E-state index is 13.4. The molecule has 1 aromatic carbocycles. The quantitative estimate of drug-likeness (QED) is 0.776. The molecule has 4 nitrogen and oxygen atoms in total. The van der Waals surface area contributed by atoms with Crippen LogP contribution in [-0.4, -0.2) is 28.8 Å². The van der Waals surface area contributed by atoms with E-state index < -0.39 is 0 Å². The highest BCUT2D eigenvalue weighted by atomic mass is 19.1. The third-order valence-corrected chi connectivity index (χ3v) is 3.33. The van der Waals surface area contributed by atoms with Crippen LogP contribution in [0.15, 0.2) is 18.2 Å². The molecule has 1 aliphatic rings. The summed E-state index contributed by atoms with van der Waals surface area (Å²) in [6, 6.07) is 4.42. The molecule has 2 heterocycles. The fourth-order valence-corrected chi connectivity index (χ4v) is 2.48. The van der Waals surface area contributed by atoms with Crippen LogP contribution in [0.5, 0.6) is 0 Å². The Morgan fingerprint density at radius 3 is 2.72 bits per heavy atom. The van der Waals surface area contributed by atoms with Crippen LogP contribution in [0, 0.1) is 5.82 Å². The Labute approximate surface area is 104 Å². The van der Waals surface area contributed by atoms with Gasteiger partial charge in [0.05, 0.1) is 5.52 Å². The predicted octanol–water partition coefficient (Wildman–Crippen LogP) is 2.44. The predicted molar refractivity (Wildman–Crippen MR) is 67.4 cm³/mol. The van der Waals surface area contributed by atoms with Crippen molar-refractivity contribution in [1.29, 1.82) is 0 Å². The van der Waals surface area contributed by atoms with Gasteiger partial charge in [-0.15, -0.1) is 5.10 Å². The van der Waals surface area contributed by atoms with Crippen molar-refractivity contribution >= 4 is 22.6 Å². The molecule has 0 saturated carbocycles. The van der Waals surface area contributed by atoms with Crippen molar-refractivity contribution in [1.82, 2.24) is 9.78 Å². The molecular weight excluding hydrogens is 233 g/mol. The number of aromatic nitrogens is 2. The number of hydrogen-bond acceptors (Lipinski definition) is 3. The number of anilines is 1. The molecule has 0 radical (unpaired) electrons. The molecule has 1 aliphatic heterocycles. The van der Waals surface area contributed by atoms with Crippen molar-refractivity contribution in [3.8, 4) is 0 Å². The van der Waals surface area contributed by atoms with E-state index in [1.54, 1.807) is 6.07 Å². The average Bonchev–Trinajstić information content (AvgIpc) is 2.93. The number of fused-ring (bicyclic) bond motifs is 1. The summed E-state index contributed by atoms with van der Waals surface area (Å²) in [5, 5.41) is 5.05. The lowest BCUT2D eigenvalue weighted by Crippen LogP contribution is -2.19. The number of carbonyl (C=O) groups is 1. The van der Waals surface area contributed by atoms with Gasteiger partial charge in [-0.2, -0.15) is 4.68 Å². The minimum atomic E-state index is -0.300. The van der Waals surface area contributed by atoms with Crippen molar-refractivity contribution in [2.24, 2.45) is 0 Å². The van der Waals surface area contributed by atoms with Gasteiger partial charge < -0.3 is 4.90 Å². The lowest BCUT2D eigenvalue weighted by atomic mass is 10.2. The molecule has 0 unspecified atom stereocenters. The van der Waals surface area contributed by atoms with Gasteiger partial charge in [-0.25, -0.2) is 4.39 Å². The fraction of sp³-hybridized carbons (Fsp3) is 0.385. The van der Waals surface area contributed by atoms with Gasteiger partial charge in [-0.1, -0.05) is 0 Å². The van der Waals surface area contributed by atoms with E-state index in [4.69, 9.17) is 0 Å². The van der Waals surface area contributed by atoms with Gasteiger partial charge in [0.25, 0.3) is 0 Å². The molecule has 2 aromatic rings. The van der Waals surface area contributed by atoms with E-state index >= 15 is 0 Å². The Bertz CT molecular complexity index is 614. The lowest BCUT2D eigenvalue weighted by molar-refractivity contribution is 0.0927. The summed E-state index contributed by atoms with van der Waals surface area (Å²) < 4.78 is 14.7. The van der Waals surface area contributed by atoms with E-state index in [1.165, 1.54) is 23.7 Å². The summed E-state index contributed by atoms with van der Waals surface area (Å²) in [7, 11) is 0. The third kappa shape index (κ3) is 1.66. The van der Waals surface area contributed by atoms with Crippen molar-refractivity contribution in [2.75, 3.05) is 18.0 Å². The minimum absolute atomic E-state index is 0.156. The largest absolute Gasteiger partial charge is 0.355 e. The SMILES string of the molecule is CC(=O)n1nc(N2CCCC2)c2cc(F)ccc21. The highest BCUT2D eigenvalue weighted by molar-refractivity contribution is 5.97. The molecule has 0 amide bonds. The smallest absolute Gasteiger partial charge is 0.244 e. The molecule has 1 aromatic heterocycles. The van der Waals surface area contributed by atoms with Gasteiger partial charge in [0.2, 0.25) is 5.91 Å². The Hall–Kier alpha value is -1.91. The Kier molecular flexibility index (Phi) is 2.54. The zero-order chi connectivity index (χ0) is 12.7. The first-order valence-electron chi connectivity index (χ1n) is 6.11. The molecular formula is C13H14FN3O. The number of nitrogens with zero attached hydrogens (tertiary/aromatic N) is 3. The summed E-state index contributed by atoms with van der Waals surface area (Å²) in [5.41, 5.74) is 0.672. The van der Waals surface area contributed by atoms with E-state index in [0.717, 1.165) is 31.7 Å².